The summed E-state index contributed by atoms with van der Waals surface area (Å²) >= 11 is 5.63. The molecule has 0 N–H and O–H groups in total. The molecule has 5 heteroatoms. The Bertz CT molecular complexity index is 354. The first-order valence-corrected chi connectivity index (χ1v) is 6.22. The predicted molar refractivity (Wildman–Crippen MR) is 66.6 cm³/mol. The van der Waals surface area contributed by atoms with Crippen molar-refractivity contribution in [2.24, 2.45) is 0 Å². The van der Waals surface area contributed by atoms with Gasteiger partial charge in [-0.05, 0) is 34.7 Å². The van der Waals surface area contributed by atoms with Gasteiger partial charge in [0.25, 0.3) is 0 Å². The lowest BCUT2D eigenvalue weighted by Gasteiger charge is -2.14. The SMILES string of the molecule is O=C1CC(Br)CN1c1ccc(I)cn1. The maximum atomic E-state index is 11.5. The van der Waals surface area contributed by atoms with Crippen LogP contribution in [0.2, 0.25) is 0 Å². The van der Waals surface area contributed by atoms with E-state index in [9.17, 15) is 4.79 Å². The molecule has 0 aromatic carbocycles. The van der Waals surface area contributed by atoms with Gasteiger partial charge < -0.3 is 0 Å². The summed E-state index contributed by atoms with van der Waals surface area (Å²) in [5.41, 5.74) is 0. The van der Waals surface area contributed by atoms with Crippen molar-refractivity contribution in [3.8, 4) is 0 Å². The molecular weight excluding hydrogens is 359 g/mol. The van der Waals surface area contributed by atoms with E-state index in [-0.39, 0.29) is 10.7 Å². The fourth-order valence-electron chi connectivity index (χ4n) is 1.41. The number of hydrogen-bond donors (Lipinski definition) is 0. The number of hydrogen-bond acceptors (Lipinski definition) is 2. The fraction of sp³-hybridized carbons (Fsp3) is 0.333. The molecule has 1 aromatic heterocycles. The molecule has 1 aliphatic rings. The van der Waals surface area contributed by atoms with Crippen LogP contribution in [-0.2, 0) is 4.79 Å². The molecule has 0 saturated carbocycles. The molecule has 1 aromatic rings. The summed E-state index contributed by atoms with van der Waals surface area (Å²) in [6.07, 6.45) is 2.33. The summed E-state index contributed by atoms with van der Waals surface area (Å²) in [6.45, 7) is 0.715. The van der Waals surface area contributed by atoms with Gasteiger partial charge in [-0.2, -0.15) is 0 Å². The van der Waals surface area contributed by atoms with E-state index in [1.807, 2.05) is 12.1 Å². The van der Waals surface area contributed by atoms with Crippen LogP contribution >= 0.6 is 38.5 Å². The first kappa shape index (κ1) is 10.4. The number of rotatable bonds is 1. The molecule has 1 fully saturated rings. The van der Waals surface area contributed by atoms with Crippen LogP contribution in [0.5, 0.6) is 0 Å². The molecule has 1 amide bonds. The first-order chi connectivity index (χ1) is 6.66. The van der Waals surface area contributed by atoms with Gasteiger partial charge in [-0.3, -0.25) is 9.69 Å². The number of carbonyl (C=O) groups is 1. The van der Waals surface area contributed by atoms with Crippen molar-refractivity contribution < 1.29 is 4.79 Å². The highest BCUT2D eigenvalue weighted by molar-refractivity contribution is 14.1. The van der Waals surface area contributed by atoms with Gasteiger partial charge in [-0.1, -0.05) is 15.9 Å². The Hall–Kier alpha value is -0.170. The van der Waals surface area contributed by atoms with Gasteiger partial charge in [-0.25, -0.2) is 4.98 Å². The van der Waals surface area contributed by atoms with Crippen molar-refractivity contribution in [3.05, 3.63) is 21.9 Å². The van der Waals surface area contributed by atoms with Crippen molar-refractivity contribution in [1.82, 2.24) is 4.98 Å². The van der Waals surface area contributed by atoms with E-state index in [1.165, 1.54) is 0 Å². The maximum absolute atomic E-state index is 11.5. The number of nitrogens with zero attached hydrogens (tertiary/aromatic N) is 2. The van der Waals surface area contributed by atoms with Gasteiger partial charge in [0, 0.05) is 27.6 Å². The normalized spacial score (nSPS) is 21.7. The molecule has 2 heterocycles. The zero-order valence-electron chi connectivity index (χ0n) is 7.28. The average Bonchev–Trinajstić information content (AvgIpc) is 2.47. The minimum absolute atomic E-state index is 0.139. The lowest BCUT2D eigenvalue weighted by atomic mass is 10.4. The summed E-state index contributed by atoms with van der Waals surface area (Å²) in [4.78, 5) is 17.7. The van der Waals surface area contributed by atoms with E-state index in [0.29, 0.717) is 13.0 Å². The monoisotopic (exact) mass is 366 g/mol. The highest BCUT2D eigenvalue weighted by Gasteiger charge is 2.29. The molecule has 3 nitrogen and oxygen atoms in total. The molecule has 0 radical (unpaired) electrons. The first-order valence-electron chi connectivity index (χ1n) is 4.23. The molecule has 74 valence electrons. The third kappa shape index (κ3) is 2.08. The molecule has 1 aliphatic heterocycles. The summed E-state index contributed by atoms with van der Waals surface area (Å²) < 4.78 is 1.08. The maximum Gasteiger partial charge on any atom is 0.229 e. The van der Waals surface area contributed by atoms with Crippen LogP contribution in [-0.4, -0.2) is 22.3 Å². The molecule has 14 heavy (non-hydrogen) atoms. The number of aromatic nitrogens is 1. The Morgan fingerprint density at radius 1 is 1.57 bits per heavy atom. The molecule has 0 bridgehead atoms. The number of pyridine rings is 1. The van der Waals surface area contributed by atoms with Gasteiger partial charge in [0.15, 0.2) is 0 Å². The summed E-state index contributed by atoms with van der Waals surface area (Å²) in [5.74, 6) is 0.887. The van der Waals surface area contributed by atoms with Crippen LogP contribution in [0.25, 0.3) is 0 Å². The number of anilines is 1. The Kier molecular flexibility index (Phi) is 3.06. The van der Waals surface area contributed by atoms with E-state index >= 15 is 0 Å². The van der Waals surface area contributed by atoms with Crippen LogP contribution in [0.1, 0.15) is 6.42 Å². The Labute approximate surface area is 104 Å². The number of alkyl halides is 1. The van der Waals surface area contributed by atoms with Crippen LogP contribution in [0.15, 0.2) is 18.3 Å². The summed E-state index contributed by atoms with van der Waals surface area (Å²) in [7, 11) is 0. The smallest absolute Gasteiger partial charge is 0.229 e. The van der Waals surface area contributed by atoms with Crippen molar-refractivity contribution in [1.29, 1.82) is 0 Å². The number of halogens is 2. The van der Waals surface area contributed by atoms with Crippen molar-refractivity contribution in [2.45, 2.75) is 11.2 Å². The average molecular weight is 367 g/mol. The Balaban J connectivity index is 2.23. The van der Waals surface area contributed by atoms with E-state index in [2.05, 4.69) is 43.5 Å². The third-order valence-electron chi connectivity index (χ3n) is 2.07. The van der Waals surface area contributed by atoms with E-state index < -0.39 is 0 Å². The largest absolute Gasteiger partial charge is 0.296 e. The molecule has 1 saturated heterocycles. The lowest BCUT2D eigenvalue weighted by Crippen LogP contribution is -2.25. The van der Waals surface area contributed by atoms with E-state index in [0.717, 1.165) is 9.39 Å². The second kappa shape index (κ2) is 4.14. The van der Waals surface area contributed by atoms with Crippen molar-refractivity contribution >= 4 is 50.2 Å². The highest BCUT2D eigenvalue weighted by atomic mass is 127. The minimum Gasteiger partial charge on any atom is -0.296 e. The second-order valence-corrected chi connectivity index (χ2v) is 5.68. The Morgan fingerprint density at radius 2 is 2.36 bits per heavy atom. The molecule has 0 aliphatic carbocycles. The predicted octanol–water partition coefficient (Wildman–Crippen LogP) is 2.19. The van der Waals surface area contributed by atoms with Crippen molar-refractivity contribution in [3.63, 3.8) is 0 Å². The van der Waals surface area contributed by atoms with Gasteiger partial charge in [0.05, 0.1) is 0 Å². The zero-order chi connectivity index (χ0) is 10.1. The number of amides is 1. The molecule has 0 spiro atoms. The minimum atomic E-state index is 0.139. The Morgan fingerprint density at radius 3 is 2.86 bits per heavy atom. The van der Waals surface area contributed by atoms with E-state index in [1.54, 1.807) is 11.1 Å². The van der Waals surface area contributed by atoms with Gasteiger partial charge in [-0.15, -0.1) is 0 Å². The van der Waals surface area contributed by atoms with E-state index in [4.69, 9.17) is 0 Å². The zero-order valence-corrected chi connectivity index (χ0v) is 11.0. The van der Waals surface area contributed by atoms with Crippen LogP contribution < -0.4 is 4.90 Å². The van der Waals surface area contributed by atoms with Crippen LogP contribution in [0, 0.1) is 3.57 Å². The standard InChI is InChI=1S/C9H8BrIN2O/c10-6-3-9(14)13(5-6)8-2-1-7(11)4-12-8/h1-2,4,6H,3,5H2. The summed E-state index contributed by atoms with van der Waals surface area (Å²) in [6, 6.07) is 3.84. The lowest BCUT2D eigenvalue weighted by molar-refractivity contribution is -0.117. The molecule has 1 atom stereocenters. The van der Waals surface area contributed by atoms with Gasteiger partial charge in [0.2, 0.25) is 5.91 Å². The topological polar surface area (TPSA) is 33.2 Å². The highest BCUT2D eigenvalue weighted by Crippen LogP contribution is 2.23. The molecular formula is C9H8BrIN2O. The van der Waals surface area contributed by atoms with Crippen molar-refractivity contribution in [2.75, 3.05) is 11.4 Å². The van der Waals surface area contributed by atoms with Crippen LogP contribution in [0.4, 0.5) is 5.82 Å². The molecule has 1 unspecified atom stereocenters. The van der Waals surface area contributed by atoms with Gasteiger partial charge >= 0.3 is 0 Å². The summed E-state index contributed by atoms with van der Waals surface area (Å²) in [5, 5.41) is 0. The fourth-order valence-corrected chi connectivity index (χ4v) is 2.30. The molecule has 2 rings (SSSR count). The second-order valence-electron chi connectivity index (χ2n) is 3.14. The van der Waals surface area contributed by atoms with Crippen LogP contribution in [0.3, 0.4) is 0 Å². The number of carbonyl (C=O) groups excluding carboxylic acids is 1. The third-order valence-corrected chi connectivity index (χ3v) is 3.32. The quantitative estimate of drug-likeness (QED) is 0.564. The van der Waals surface area contributed by atoms with Gasteiger partial charge in [0.1, 0.15) is 5.82 Å².